The summed E-state index contributed by atoms with van der Waals surface area (Å²) in [5.74, 6) is -3.88. The van der Waals surface area contributed by atoms with Crippen molar-refractivity contribution >= 4 is 11.7 Å². The molecule has 0 radical (unpaired) electrons. The van der Waals surface area contributed by atoms with E-state index in [1.54, 1.807) is 0 Å². The SMILES string of the molecule is Cc1c(=O)c(Cc2ccc(F)c(F)c2)cn2nc(C(=O)O)oc12. The Morgan fingerprint density at radius 1 is 1.35 bits per heavy atom. The maximum Gasteiger partial charge on any atom is 0.393 e. The number of aromatic nitrogens is 2. The van der Waals surface area contributed by atoms with Crippen molar-refractivity contribution in [3.63, 3.8) is 0 Å². The van der Waals surface area contributed by atoms with Crippen molar-refractivity contribution < 1.29 is 23.1 Å². The van der Waals surface area contributed by atoms with E-state index in [2.05, 4.69) is 5.10 Å². The number of rotatable bonds is 3. The lowest BCUT2D eigenvalue weighted by atomic mass is 10.0. The molecule has 0 aliphatic carbocycles. The topological polar surface area (TPSA) is 84.8 Å². The number of hydrogen-bond acceptors (Lipinski definition) is 4. The largest absolute Gasteiger partial charge is 0.474 e. The number of nitrogens with zero attached hydrogens (tertiary/aromatic N) is 2. The molecule has 1 N–H and O–H groups in total. The summed E-state index contributed by atoms with van der Waals surface area (Å²) >= 11 is 0. The Balaban J connectivity index is 2.10. The third kappa shape index (κ3) is 2.59. The van der Waals surface area contributed by atoms with Crippen LogP contribution in [-0.2, 0) is 6.42 Å². The molecule has 2 heterocycles. The quantitative estimate of drug-likeness (QED) is 0.799. The molecule has 0 saturated carbocycles. The number of halogens is 2. The molecule has 23 heavy (non-hydrogen) atoms. The number of aryl methyl sites for hydroxylation is 1. The Kier molecular flexibility index (Phi) is 3.44. The van der Waals surface area contributed by atoms with Gasteiger partial charge in [-0.15, -0.1) is 5.10 Å². The Labute approximate surface area is 127 Å². The Morgan fingerprint density at radius 2 is 2.09 bits per heavy atom. The van der Waals surface area contributed by atoms with E-state index in [1.165, 1.54) is 19.2 Å². The molecular formula is C15H10F2N2O4. The predicted octanol–water partition coefficient (Wildman–Crippen LogP) is 2.16. The predicted molar refractivity (Wildman–Crippen MR) is 74.6 cm³/mol. The third-order valence-electron chi connectivity index (χ3n) is 3.39. The van der Waals surface area contributed by atoms with Gasteiger partial charge in [-0.2, -0.15) is 0 Å². The van der Waals surface area contributed by atoms with Crippen LogP contribution in [0, 0.1) is 18.6 Å². The van der Waals surface area contributed by atoms with Crippen LogP contribution >= 0.6 is 0 Å². The van der Waals surface area contributed by atoms with Gasteiger partial charge in [0.25, 0.3) is 0 Å². The molecular weight excluding hydrogens is 310 g/mol. The van der Waals surface area contributed by atoms with Gasteiger partial charge in [0.15, 0.2) is 17.1 Å². The van der Waals surface area contributed by atoms with Gasteiger partial charge in [-0.05, 0) is 24.6 Å². The van der Waals surface area contributed by atoms with Crippen molar-refractivity contribution in [1.82, 2.24) is 9.61 Å². The van der Waals surface area contributed by atoms with E-state index in [0.717, 1.165) is 16.6 Å². The molecule has 3 aromatic rings. The average molecular weight is 320 g/mol. The van der Waals surface area contributed by atoms with Gasteiger partial charge in [0.05, 0.1) is 5.56 Å². The van der Waals surface area contributed by atoms with Crippen LogP contribution in [0.2, 0.25) is 0 Å². The molecule has 2 aromatic heterocycles. The van der Waals surface area contributed by atoms with Crippen molar-refractivity contribution in [2.24, 2.45) is 0 Å². The third-order valence-corrected chi connectivity index (χ3v) is 3.39. The number of fused-ring (bicyclic) bond motifs is 1. The molecule has 8 heteroatoms. The summed E-state index contributed by atoms with van der Waals surface area (Å²) in [7, 11) is 0. The van der Waals surface area contributed by atoms with E-state index in [-0.39, 0.29) is 28.7 Å². The Morgan fingerprint density at radius 3 is 2.74 bits per heavy atom. The molecule has 6 nitrogen and oxygen atoms in total. The van der Waals surface area contributed by atoms with Gasteiger partial charge in [-0.1, -0.05) is 6.07 Å². The van der Waals surface area contributed by atoms with E-state index >= 15 is 0 Å². The molecule has 0 saturated heterocycles. The lowest BCUT2D eigenvalue weighted by molar-refractivity contribution is 0.0655. The summed E-state index contributed by atoms with van der Waals surface area (Å²) in [5, 5.41) is 12.6. The highest BCUT2D eigenvalue weighted by Crippen LogP contribution is 2.15. The van der Waals surface area contributed by atoms with Gasteiger partial charge in [-0.25, -0.2) is 18.1 Å². The summed E-state index contributed by atoms with van der Waals surface area (Å²) in [6.07, 6.45) is 1.37. The van der Waals surface area contributed by atoms with Crippen molar-refractivity contribution in [2.75, 3.05) is 0 Å². The smallest absolute Gasteiger partial charge is 0.393 e. The molecule has 0 fully saturated rings. The number of hydrogen-bond donors (Lipinski definition) is 1. The van der Waals surface area contributed by atoms with Crippen molar-refractivity contribution in [2.45, 2.75) is 13.3 Å². The fourth-order valence-corrected chi connectivity index (χ4v) is 2.26. The number of carbonyl (C=O) groups is 1. The maximum atomic E-state index is 13.3. The van der Waals surface area contributed by atoms with Gasteiger partial charge in [0.1, 0.15) is 0 Å². The number of pyridine rings is 1. The van der Waals surface area contributed by atoms with Crippen LogP contribution in [-0.4, -0.2) is 20.7 Å². The molecule has 0 unspecified atom stereocenters. The number of aromatic carboxylic acids is 1. The summed E-state index contributed by atoms with van der Waals surface area (Å²) in [6.45, 7) is 1.48. The second-order valence-electron chi connectivity index (χ2n) is 5.00. The van der Waals surface area contributed by atoms with Gasteiger partial charge in [0.2, 0.25) is 5.71 Å². The van der Waals surface area contributed by atoms with Crippen LogP contribution in [0.5, 0.6) is 0 Å². The first-order valence-corrected chi connectivity index (χ1v) is 6.56. The lowest BCUT2D eigenvalue weighted by Gasteiger charge is -2.04. The highest BCUT2D eigenvalue weighted by atomic mass is 19.2. The second kappa shape index (κ2) is 5.31. The number of carboxylic acids is 1. The summed E-state index contributed by atoms with van der Waals surface area (Å²) < 4.78 is 32.4. The van der Waals surface area contributed by atoms with Crippen LogP contribution in [0.4, 0.5) is 8.78 Å². The van der Waals surface area contributed by atoms with Gasteiger partial charge in [-0.3, -0.25) is 4.79 Å². The van der Waals surface area contributed by atoms with E-state index in [1.807, 2.05) is 0 Å². The van der Waals surface area contributed by atoms with Gasteiger partial charge < -0.3 is 9.52 Å². The molecule has 0 atom stereocenters. The lowest BCUT2D eigenvalue weighted by Crippen LogP contribution is -2.15. The number of benzene rings is 1. The fourth-order valence-electron chi connectivity index (χ4n) is 2.26. The van der Waals surface area contributed by atoms with E-state index in [9.17, 15) is 18.4 Å². The van der Waals surface area contributed by atoms with Gasteiger partial charge >= 0.3 is 11.9 Å². The minimum Gasteiger partial charge on any atom is -0.474 e. The first-order chi connectivity index (χ1) is 10.9. The van der Waals surface area contributed by atoms with Crippen molar-refractivity contribution in [3.05, 3.63) is 68.8 Å². The average Bonchev–Trinajstić information content (AvgIpc) is 2.93. The van der Waals surface area contributed by atoms with Gasteiger partial charge in [0, 0.05) is 18.2 Å². The molecule has 0 amide bonds. The summed E-state index contributed by atoms with van der Waals surface area (Å²) in [5.41, 5.74) is 0.507. The first-order valence-electron chi connectivity index (χ1n) is 6.56. The molecule has 3 rings (SSSR count). The summed E-state index contributed by atoms with van der Waals surface area (Å²) in [6, 6.07) is 3.35. The first kappa shape index (κ1) is 14.9. The van der Waals surface area contributed by atoms with Crippen molar-refractivity contribution in [3.8, 4) is 0 Å². The zero-order chi connectivity index (χ0) is 16.7. The van der Waals surface area contributed by atoms with E-state index in [4.69, 9.17) is 9.52 Å². The minimum absolute atomic E-state index is 0.0291. The maximum absolute atomic E-state index is 13.3. The normalized spacial score (nSPS) is 11.1. The van der Waals surface area contributed by atoms with E-state index in [0.29, 0.717) is 5.56 Å². The highest BCUT2D eigenvalue weighted by molar-refractivity contribution is 5.82. The monoisotopic (exact) mass is 320 g/mol. The molecule has 118 valence electrons. The minimum atomic E-state index is -1.36. The molecule has 0 bridgehead atoms. The molecule has 1 aromatic carbocycles. The van der Waals surface area contributed by atoms with Crippen LogP contribution in [0.1, 0.15) is 27.4 Å². The van der Waals surface area contributed by atoms with Crippen LogP contribution in [0.25, 0.3) is 5.71 Å². The molecule has 0 aliphatic rings. The number of carboxylic acid groups (broad SMARTS) is 1. The summed E-state index contributed by atoms with van der Waals surface area (Å²) in [4.78, 5) is 23.2. The zero-order valence-corrected chi connectivity index (χ0v) is 11.8. The van der Waals surface area contributed by atoms with Crippen LogP contribution < -0.4 is 5.43 Å². The second-order valence-corrected chi connectivity index (χ2v) is 5.00. The Hall–Kier alpha value is -3.03. The fraction of sp³-hybridized carbons (Fsp3) is 0.133. The van der Waals surface area contributed by atoms with E-state index < -0.39 is 23.5 Å². The molecule has 0 aliphatic heterocycles. The van der Waals surface area contributed by atoms with Crippen LogP contribution in [0.15, 0.2) is 33.6 Å². The zero-order valence-electron chi connectivity index (χ0n) is 11.8. The molecule has 0 spiro atoms. The Bertz CT molecular complexity index is 991. The van der Waals surface area contributed by atoms with Crippen molar-refractivity contribution in [1.29, 1.82) is 0 Å². The standard InChI is InChI=1S/C15H10F2N2O4/c1-7-12(20)9(4-8-2-3-10(16)11(17)5-8)6-19-14(7)23-13(18-19)15(21)22/h2-3,5-6H,4H2,1H3,(H,21,22). The highest BCUT2D eigenvalue weighted by Gasteiger charge is 2.17. The van der Waals surface area contributed by atoms with Crippen LogP contribution in [0.3, 0.4) is 0 Å².